The summed E-state index contributed by atoms with van der Waals surface area (Å²) in [6, 6.07) is 3.41. The number of rotatable bonds is 21. The number of methoxy groups -OCH3 is 1. The van der Waals surface area contributed by atoms with Crippen LogP contribution < -0.4 is 5.32 Å². The van der Waals surface area contributed by atoms with Gasteiger partial charge in [0.05, 0.1) is 95.5 Å². The zero-order chi connectivity index (χ0) is 25.0. The Labute approximate surface area is 196 Å². The van der Waals surface area contributed by atoms with Gasteiger partial charge in [-0.25, -0.2) is 0 Å². The van der Waals surface area contributed by atoms with Crippen molar-refractivity contribution in [2.24, 2.45) is 0 Å². The van der Waals surface area contributed by atoms with E-state index in [1.165, 1.54) is 19.2 Å². The minimum Gasteiger partial charge on any atom is -0.469 e. The first-order valence-electron chi connectivity index (χ1n) is 10.6. The number of nitrogens with zero attached hydrogens (tertiary/aromatic N) is 2. The smallest absolute Gasteiger partial charge is 0.307 e. The number of nitrogens with one attached hydrogen (secondary N) is 1. The highest BCUT2D eigenvalue weighted by Gasteiger charge is 2.18. The Kier molecular flexibility index (Phi) is 15.9. The maximum absolute atomic E-state index is 11.1. The van der Waals surface area contributed by atoms with Gasteiger partial charge in [0, 0.05) is 12.6 Å². The fourth-order valence-electron chi connectivity index (χ4n) is 2.43. The molecule has 0 unspecified atom stereocenters. The third-order valence-corrected chi connectivity index (χ3v) is 4.12. The molecule has 14 heteroatoms. The van der Waals surface area contributed by atoms with Crippen molar-refractivity contribution in [1.82, 2.24) is 0 Å². The van der Waals surface area contributed by atoms with Crippen molar-refractivity contribution in [1.29, 1.82) is 0 Å². The molecule has 1 rings (SSSR count). The predicted molar refractivity (Wildman–Crippen MR) is 119 cm³/mol. The molecule has 1 aromatic rings. The van der Waals surface area contributed by atoms with E-state index in [4.69, 9.17) is 23.7 Å². The molecule has 34 heavy (non-hydrogen) atoms. The average molecular weight is 489 g/mol. The van der Waals surface area contributed by atoms with E-state index in [9.17, 15) is 25.0 Å². The monoisotopic (exact) mass is 489 g/mol. The Balaban J connectivity index is 1.92. The molecular weight excluding hydrogens is 458 g/mol. The molecule has 0 amide bonds. The molecule has 0 bridgehead atoms. The van der Waals surface area contributed by atoms with Crippen LogP contribution in [0.25, 0.3) is 0 Å². The zero-order valence-electron chi connectivity index (χ0n) is 19.1. The topological polar surface area (TPSA) is 171 Å². The Morgan fingerprint density at radius 1 is 0.794 bits per heavy atom. The largest absolute Gasteiger partial charge is 0.469 e. The van der Waals surface area contributed by atoms with E-state index < -0.39 is 9.85 Å². The number of non-ortho nitro benzene ring substituents is 1. The van der Waals surface area contributed by atoms with Crippen molar-refractivity contribution >= 4 is 23.0 Å². The van der Waals surface area contributed by atoms with Crippen LogP contribution in [0, 0.1) is 20.2 Å². The number of anilines is 1. The van der Waals surface area contributed by atoms with Gasteiger partial charge in [-0.1, -0.05) is 0 Å². The van der Waals surface area contributed by atoms with Crippen LogP contribution in [0.2, 0.25) is 0 Å². The third-order valence-electron chi connectivity index (χ3n) is 4.12. The summed E-state index contributed by atoms with van der Waals surface area (Å²) >= 11 is 0. The second-order valence-electron chi connectivity index (χ2n) is 6.53. The van der Waals surface area contributed by atoms with E-state index in [-0.39, 0.29) is 42.6 Å². The maximum Gasteiger partial charge on any atom is 0.307 e. The van der Waals surface area contributed by atoms with Gasteiger partial charge in [-0.05, 0) is 6.07 Å². The summed E-state index contributed by atoms with van der Waals surface area (Å²) in [5.74, 6) is -0.312. The van der Waals surface area contributed by atoms with E-state index in [1.807, 2.05) is 0 Å². The first kappa shape index (κ1) is 29.1. The number of nitro groups is 2. The lowest BCUT2D eigenvalue weighted by molar-refractivity contribution is -0.393. The standard InChI is InChI=1S/C20H31N3O11/c1-29-20(24)4-6-30-8-10-32-12-14-34-15-13-33-11-9-31-7-5-21-18-3-2-17(22(25)26)16-19(18)23(27)28/h2-3,16,21H,4-15H2,1H3. The Morgan fingerprint density at radius 2 is 1.29 bits per heavy atom. The van der Waals surface area contributed by atoms with E-state index in [2.05, 4.69) is 10.1 Å². The second-order valence-corrected chi connectivity index (χ2v) is 6.53. The van der Waals surface area contributed by atoms with Gasteiger partial charge >= 0.3 is 5.97 Å². The highest BCUT2D eigenvalue weighted by atomic mass is 16.6. The van der Waals surface area contributed by atoms with Gasteiger partial charge in [0.25, 0.3) is 11.4 Å². The van der Waals surface area contributed by atoms with Gasteiger partial charge in [-0.3, -0.25) is 25.0 Å². The summed E-state index contributed by atoms with van der Waals surface area (Å²) in [5, 5.41) is 24.6. The minimum atomic E-state index is -0.687. The van der Waals surface area contributed by atoms with Crippen LogP contribution in [0.15, 0.2) is 18.2 Å². The number of benzene rings is 1. The molecule has 0 atom stereocenters. The normalized spacial score (nSPS) is 10.7. The van der Waals surface area contributed by atoms with Crippen molar-refractivity contribution in [3.63, 3.8) is 0 Å². The molecule has 0 fully saturated rings. The summed E-state index contributed by atoms with van der Waals surface area (Å²) in [7, 11) is 1.33. The molecule has 0 saturated heterocycles. The molecule has 0 aliphatic rings. The van der Waals surface area contributed by atoms with Gasteiger partial charge in [-0.15, -0.1) is 0 Å². The number of esters is 1. The minimum absolute atomic E-state index is 0.183. The summed E-state index contributed by atoms with van der Waals surface area (Å²) in [6.45, 7) is 4.00. The summed E-state index contributed by atoms with van der Waals surface area (Å²) in [5.41, 5.74) is -0.532. The molecule has 0 radical (unpaired) electrons. The highest BCUT2D eigenvalue weighted by molar-refractivity contribution is 5.69. The van der Waals surface area contributed by atoms with Gasteiger partial charge in [0.2, 0.25) is 0 Å². The third kappa shape index (κ3) is 13.6. The van der Waals surface area contributed by atoms with Crippen LogP contribution in [-0.4, -0.2) is 95.5 Å². The van der Waals surface area contributed by atoms with Crippen molar-refractivity contribution < 1.29 is 43.1 Å². The Bertz CT molecular complexity index is 748. The predicted octanol–water partition coefficient (Wildman–Crippen LogP) is 1.56. The molecule has 1 aromatic carbocycles. The van der Waals surface area contributed by atoms with Crippen LogP contribution in [0.4, 0.5) is 17.1 Å². The summed E-state index contributed by atoms with van der Waals surface area (Å²) < 4.78 is 31.1. The van der Waals surface area contributed by atoms with Crippen molar-refractivity contribution in [3.8, 4) is 0 Å². The lowest BCUT2D eigenvalue weighted by Crippen LogP contribution is -2.15. The van der Waals surface area contributed by atoms with Crippen molar-refractivity contribution in [2.75, 3.05) is 85.0 Å². The van der Waals surface area contributed by atoms with Crippen LogP contribution in [0.5, 0.6) is 0 Å². The molecule has 0 aromatic heterocycles. The van der Waals surface area contributed by atoms with E-state index in [0.29, 0.717) is 59.5 Å². The zero-order valence-corrected chi connectivity index (χ0v) is 19.1. The van der Waals surface area contributed by atoms with Gasteiger partial charge in [-0.2, -0.15) is 0 Å². The average Bonchev–Trinajstić information content (AvgIpc) is 2.82. The molecule has 192 valence electrons. The van der Waals surface area contributed by atoms with E-state index >= 15 is 0 Å². The number of hydrogen-bond donors (Lipinski definition) is 1. The molecule has 14 nitrogen and oxygen atoms in total. The fraction of sp³-hybridized carbons (Fsp3) is 0.650. The SMILES string of the molecule is COC(=O)CCOCCOCCOCCOCCOCCNc1ccc([N+](=O)[O-])cc1[N+](=O)[O-]. The Hall–Kier alpha value is -2.91. The maximum atomic E-state index is 11.1. The lowest BCUT2D eigenvalue weighted by atomic mass is 10.2. The molecule has 1 N–H and O–H groups in total. The van der Waals surface area contributed by atoms with Crippen molar-refractivity contribution in [3.05, 3.63) is 38.4 Å². The van der Waals surface area contributed by atoms with Gasteiger partial charge in [0.15, 0.2) is 0 Å². The summed E-state index contributed by atoms with van der Waals surface area (Å²) in [6.07, 6.45) is 0.217. The van der Waals surface area contributed by atoms with Gasteiger partial charge in [0.1, 0.15) is 5.69 Å². The van der Waals surface area contributed by atoms with E-state index in [1.54, 1.807) is 0 Å². The number of ether oxygens (including phenoxy) is 6. The Morgan fingerprint density at radius 3 is 1.76 bits per heavy atom. The van der Waals surface area contributed by atoms with E-state index in [0.717, 1.165) is 6.07 Å². The first-order valence-corrected chi connectivity index (χ1v) is 10.6. The van der Waals surface area contributed by atoms with Crippen molar-refractivity contribution in [2.45, 2.75) is 6.42 Å². The molecule has 0 heterocycles. The van der Waals surface area contributed by atoms with Gasteiger partial charge < -0.3 is 33.7 Å². The van der Waals surface area contributed by atoms with Crippen LogP contribution >= 0.6 is 0 Å². The quantitative estimate of drug-likeness (QED) is 0.114. The fourth-order valence-corrected chi connectivity index (χ4v) is 2.43. The van der Waals surface area contributed by atoms with Crippen LogP contribution in [0.1, 0.15) is 6.42 Å². The lowest BCUT2D eigenvalue weighted by Gasteiger charge is -2.09. The number of carbonyl (C=O) groups is 1. The molecule has 0 saturated carbocycles. The van der Waals surface area contributed by atoms with Crippen LogP contribution in [0.3, 0.4) is 0 Å². The van der Waals surface area contributed by atoms with Crippen LogP contribution in [-0.2, 0) is 33.2 Å². The highest BCUT2D eigenvalue weighted by Crippen LogP contribution is 2.28. The molecule has 0 aliphatic heterocycles. The molecule has 0 spiro atoms. The number of nitro benzene ring substituents is 2. The number of hydrogen-bond acceptors (Lipinski definition) is 12. The molecule has 0 aliphatic carbocycles. The molecular formula is C20H31N3O11. The first-order chi connectivity index (χ1) is 16.5. The number of carbonyl (C=O) groups excluding carboxylic acids is 1. The summed E-state index contributed by atoms with van der Waals surface area (Å²) in [4.78, 5) is 31.3. The second kappa shape index (κ2) is 18.5.